The number of benzene rings is 3. The van der Waals surface area contributed by atoms with Crippen LogP contribution in [0.4, 0.5) is 14.5 Å². The minimum Gasteiger partial charge on any atom is -0.326 e. The Morgan fingerprint density at radius 3 is 2.44 bits per heavy atom. The number of halogens is 3. The molecule has 0 spiro atoms. The summed E-state index contributed by atoms with van der Waals surface area (Å²) in [6.07, 6.45) is 0.396. The molecule has 3 aromatic carbocycles. The van der Waals surface area contributed by atoms with Crippen LogP contribution in [0, 0.1) is 11.6 Å². The van der Waals surface area contributed by atoms with E-state index in [0.29, 0.717) is 28.0 Å². The fourth-order valence-corrected chi connectivity index (χ4v) is 5.26. The third-order valence-electron chi connectivity index (χ3n) is 5.74. The van der Waals surface area contributed by atoms with Crippen molar-refractivity contribution in [1.82, 2.24) is 5.01 Å². The lowest BCUT2D eigenvalue weighted by Crippen LogP contribution is -2.25. The first kappa shape index (κ1) is 24.1. The van der Waals surface area contributed by atoms with E-state index in [1.165, 1.54) is 48.2 Å². The number of nitrogens with one attached hydrogen (secondary N) is 1. The number of nitrogens with zero attached hydrogens (tertiary/aromatic N) is 3. The molecule has 10 heteroatoms. The van der Waals surface area contributed by atoms with Crippen LogP contribution in [0.3, 0.4) is 0 Å². The summed E-state index contributed by atoms with van der Waals surface area (Å²) in [5, 5.41) is 9.29. The molecule has 0 saturated heterocycles. The van der Waals surface area contributed by atoms with Crippen molar-refractivity contribution in [2.24, 2.45) is 10.1 Å². The minimum atomic E-state index is -0.717. The van der Waals surface area contributed by atoms with Gasteiger partial charge < -0.3 is 5.32 Å². The summed E-state index contributed by atoms with van der Waals surface area (Å²) in [7, 11) is 0. The highest BCUT2D eigenvalue weighted by atomic mass is 35.5. The van der Waals surface area contributed by atoms with E-state index in [1.54, 1.807) is 23.2 Å². The van der Waals surface area contributed by atoms with E-state index in [4.69, 9.17) is 16.7 Å². The van der Waals surface area contributed by atoms with Crippen molar-refractivity contribution in [3.63, 3.8) is 0 Å². The number of thioether (sulfide) groups is 1. The van der Waals surface area contributed by atoms with Crippen molar-refractivity contribution in [3.05, 3.63) is 101 Å². The van der Waals surface area contributed by atoms with Crippen LogP contribution in [0.25, 0.3) is 0 Å². The van der Waals surface area contributed by atoms with Gasteiger partial charge in [0.05, 0.1) is 11.8 Å². The molecule has 2 heterocycles. The predicted octanol–water partition coefficient (Wildman–Crippen LogP) is 5.80. The molecule has 2 aliphatic heterocycles. The van der Waals surface area contributed by atoms with Gasteiger partial charge in [0.1, 0.15) is 16.9 Å². The van der Waals surface area contributed by atoms with Gasteiger partial charge in [-0.1, -0.05) is 47.6 Å². The molecular formula is C26H19ClF2N4O2S. The molecule has 36 heavy (non-hydrogen) atoms. The first-order chi connectivity index (χ1) is 17.4. The van der Waals surface area contributed by atoms with Crippen molar-refractivity contribution in [2.45, 2.75) is 24.1 Å². The Kier molecular flexibility index (Phi) is 6.84. The fraction of sp³-hybridized carbons (Fsp3) is 0.154. The van der Waals surface area contributed by atoms with Crippen molar-refractivity contribution in [2.75, 3.05) is 5.32 Å². The van der Waals surface area contributed by atoms with Crippen molar-refractivity contribution in [3.8, 4) is 0 Å². The lowest BCUT2D eigenvalue weighted by Gasteiger charge is -2.23. The van der Waals surface area contributed by atoms with E-state index >= 15 is 0 Å². The van der Waals surface area contributed by atoms with Crippen molar-refractivity contribution < 1.29 is 18.4 Å². The molecule has 0 fully saturated rings. The molecule has 0 aliphatic carbocycles. The highest BCUT2D eigenvalue weighted by Gasteiger charge is 2.39. The highest BCUT2D eigenvalue weighted by molar-refractivity contribution is 8.15. The number of hydrogen-bond donors (Lipinski definition) is 1. The summed E-state index contributed by atoms with van der Waals surface area (Å²) < 4.78 is 26.6. The van der Waals surface area contributed by atoms with Crippen LogP contribution < -0.4 is 5.32 Å². The maximum Gasteiger partial charge on any atom is 0.262 e. The van der Waals surface area contributed by atoms with Gasteiger partial charge in [0, 0.05) is 23.6 Å². The number of amides is 2. The normalized spacial score (nSPS) is 19.3. The number of carbonyl (C=O) groups excluding carboxylic acids is 2. The van der Waals surface area contributed by atoms with E-state index in [1.807, 2.05) is 18.2 Å². The first-order valence-electron chi connectivity index (χ1n) is 11.1. The Labute approximate surface area is 215 Å². The molecule has 6 nitrogen and oxygen atoms in total. The monoisotopic (exact) mass is 524 g/mol. The van der Waals surface area contributed by atoms with E-state index in [-0.39, 0.29) is 24.2 Å². The van der Waals surface area contributed by atoms with Gasteiger partial charge in [-0.3, -0.25) is 9.59 Å². The molecule has 3 aromatic rings. The van der Waals surface area contributed by atoms with Gasteiger partial charge in [-0.25, -0.2) is 13.8 Å². The second-order valence-electron chi connectivity index (χ2n) is 8.27. The highest BCUT2D eigenvalue weighted by Crippen LogP contribution is 2.39. The summed E-state index contributed by atoms with van der Waals surface area (Å²) in [6, 6.07) is 18.5. The molecule has 1 N–H and O–H groups in total. The Morgan fingerprint density at radius 1 is 1.06 bits per heavy atom. The topological polar surface area (TPSA) is 74.1 Å². The molecule has 2 atom stereocenters. The van der Waals surface area contributed by atoms with Crippen LogP contribution in [-0.2, 0) is 9.59 Å². The molecule has 2 amide bonds. The summed E-state index contributed by atoms with van der Waals surface area (Å²) >= 11 is 7.39. The van der Waals surface area contributed by atoms with Crippen LogP contribution in [-0.4, -0.2) is 33.0 Å². The van der Waals surface area contributed by atoms with Crippen LogP contribution in [0.15, 0.2) is 82.9 Å². The van der Waals surface area contributed by atoms with Crippen LogP contribution >= 0.6 is 23.4 Å². The van der Waals surface area contributed by atoms with Crippen molar-refractivity contribution in [1.29, 1.82) is 0 Å². The third-order valence-corrected chi connectivity index (χ3v) is 7.12. The van der Waals surface area contributed by atoms with Crippen LogP contribution in [0.1, 0.15) is 30.0 Å². The summed E-state index contributed by atoms with van der Waals surface area (Å²) in [5.41, 5.74) is 2.80. The van der Waals surface area contributed by atoms with Gasteiger partial charge in [-0.05, 0) is 59.7 Å². The Morgan fingerprint density at radius 2 is 1.75 bits per heavy atom. The SMILES string of the molecule is O=C(C[C@H]1SC(N2N=C(c3ccc(F)cc3)C[C@H]2c2cccc(Cl)c2)=NC1=O)Nc1ccc(F)cc1. The maximum absolute atomic E-state index is 13.5. The standard InChI is InChI=1S/C26H19ClF2N4O2S/c27-17-3-1-2-16(12-17)22-13-21(15-4-6-18(28)7-5-15)32-33(22)26-31-25(35)23(36-26)14-24(34)30-20-10-8-19(29)9-11-20/h1-12,22-23H,13-14H2,(H,30,34)/t22-,23+/m0/s1. The Balaban J connectivity index is 1.35. The molecule has 0 radical (unpaired) electrons. The fourth-order valence-electron chi connectivity index (χ4n) is 4.00. The summed E-state index contributed by atoms with van der Waals surface area (Å²) in [6.45, 7) is 0. The number of rotatable bonds is 5. The van der Waals surface area contributed by atoms with Crippen molar-refractivity contribution >= 4 is 51.7 Å². The predicted molar refractivity (Wildman–Crippen MR) is 137 cm³/mol. The number of hydrogen-bond acceptors (Lipinski definition) is 5. The second kappa shape index (κ2) is 10.2. The average molecular weight is 525 g/mol. The smallest absolute Gasteiger partial charge is 0.262 e. The minimum absolute atomic E-state index is 0.0991. The number of anilines is 1. The van der Waals surface area contributed by atoms with E-state index in [2.05, 4.69) is 10.3 Å². The summed E-state index contributed by atoms with van der Waals surface area (Å²) in [4.78, 5) is 29.4. The number of aliphatic imine (C=N–C) groups is 1. The molecular weight excluding hydrogens is 506 g/mol. The quantitative estimate of drug-likeness (QED) is 0.458. The molecule has 0 bridgehead atoms. The first-order valence-corrected chi connectivity index (χ1v) is 12.3. The molecule has 0 saturated carbocycles. The van der Waals surface area contributed by atoms with Gasteiger partial charge in [-0.2, -0.15) is 10.1 Å². The van der Waals surface area contributed by atoms with Crippen LogP contribution in [0.2, 0.25) is 5.02 Å². The third kappa shape index (κ3) is 5.32. The second-order valence-corrected chi connectivity index (χ2v) is 9.88. The molecule has 5 rings (SSSR count). The average Bonchev–Trinajstić information content (AvgIpc) is 3.45. The lowest BCUT2D eigenvalue weighted by molar-refractivity contribution is -0.121. The molecule has 2 aliphatic rings. The zero-order valence-corrected chi connectivity index (χ0v) is 20.3. The molecule has 0 aromatic heterocycles. The van der Waals surface area contributed by atoms with Crippen LogP contribution in [0.5, 0.6) is 0 Å². The van der Waals surface area contributed by atoms with Gasteiger partial charge in [0.2, 0.25) is 5.91 Å². The Hall–Kier alpha value is -3.56. The lowest BCUT2D eigenvalue weighted by atomic mass is 9.98. The largest absolute Gasteiger partial charge is 0.326 e. The number of amidine groups is 1. The number of hydrazone groups is 1. The molecule has 182 valence electrons. The number of carbonyl (C=O) groups is 2. The van der Waals surface area contributed by atoms with Gasteiger partial charge >= 0.3 is 0 Å². The maximum atomic E-state index is 13.5. The Bertz CT molecular complexity index is 1380. The zero-order chi connectivity index (χ0) is 25.2. The summed E-state index contributed by atoms with van der Waals surface area (Å²) in [5.74, 6) is -1.57. The van der Waals surface area contributed by atoms with E-state index in [9.17, 15) is 18.4 Å². The van der Waals surface area contributed by atoms with Gasteiger partial charge in [0.25, 0.3) is 5.91 Å². The van der Waals surface area contributed by atoms with E-state index < -0.39 is 17.0 Å². The van der Waals surface area contributed by atoms with Gasteiger partial charge in [0.15, 0.2) is 5.17 Å². The molecule has 0 unspecified atom stereocenters. The van der Waals surface area contributed by atoms with E-state index in [0.717, 1.165) is 11.1 Å². The zero-order valence-electron chi connectivity index (χ0n) is 18.7. The van der Waals surface area contributed by atoms with Gasteiger partial charge in [-0.15, -0.1) is 0 Å².